The number of imidazole rings is 1. The van der Waals surface area contributed by atoms with Gasteiger partial charge in [0.2, 0.25) is 11.9 Å². The minimum atomic E-state index is -0.382. The maximum absolute atomic E-state index is 13.4. The van der Waals surface area contributed by atoms with Crippen LogP contribution in [0.25, 0.3) is 5.95 Å². The van der Waals surface area contributed by atoms with Crippen LogP contribution in [0.1, 0.15) is 82.6 Å². The summed E-state index contributed by atoms with van der Waals surface area (Å²) in [6, 6.07) is 1.73. The number of nitrogens with zero attached hydrogens (tertiary/aromatic N) is 5. The number of aryl methyl sites for hydroxylation is 1. The van der Waals surface area contributed by atoms with Crippen molar-refractivity contribution in [3.05, 3.63) is 36.2 Å². The SMILES string of the molecule is CCCCCCC(C)NC(=O)C(c1cc(C)nc(-n2ccnc2)n1)N1CCCCC1. The van der Waals surface area contributed by atoms with Crippen LogP contribution in [0.5, 0.6) is 0 Å². The van der Waals surface area contributed by atoms with Gasteiger partial charge in [-0.25, -0.2) is 15.0 Å². The Labute approximate surface area is 180 Å². The first kappa shape index (κ1) is 22.4. The Balaban J connectivity index is 1.80. The standard InChI is InChI=1S/C23H36N6O/c1-4-5-6-8-11-18(2)25-22(30)21(28-13-9-7-10-14-28)20-16-19(3)26-23(27-20)29-15-12-24-17-29/h12,15-18,21H,4-11,13-14H2,1-3H3,(H,25,30). The molecule has 1 fully saturated rings. The molecule has 1 aliphatic heterocycles. The van der Waals surface area contributed by atoms with Gasteiger partial charge in [-0.05, 0) is 52.3 Å². The van der Waals surface area contributed by atoms with E-state index < -0.39 is 0 Å². The molecule has 1 saturated heterocycles. The van der Waals surface area contributed by atoms with E-state index in [1.54, 1.807) is 17.1 Å². The van der Waals surface area contributed by atoms with Crippen molar-refractivity contribution in [2.45, 2.75) is 84.2 Å². The van der Waals surface area contributed by atoms with Gasteiger partial charge in [0.05, 0.1) is 5.69 Å². The van der Waals surface area contributed by atoms with Gasteiger partial charge in [-0.3, -0.25) is 14.3 Å². The molecule has 7 nitrogen and oxygen atoms in total. The van der Waals surface area contributed by atoms with Crippen LogP contribution >= 0.6 is 0 Å². The van der Waals surface area contributed by atoms with Crippen molar-refractivity contribution in [2.24, 2.45) is 0 Å². The summed E-state index contributed by atoms with van der Waals surface area (Å²) in [5.41, 5.74) is 1.62. The lowest BCUT2D eigenvalue weighted by Crippen LogP contribution is -2.45. The zero-order valence-corrected chi connectivity index (χ0v) is 18.7. The number of hydrogen-bond donors (Lipinski definition) is 1. The molecule has 3 heterocycles. The predicted molar refractivity (Wildman–Crippen MR) is 118 cm³/mol. The molecule has 2 atom stereocenters. The smallest absolute Gasteiger partial charge is 0.243 e. The molecule has 2 aromatic rings. The van der Waals surface area contributed by atoms with Crippen LogP contribution in [0.2, 0.25) is 0 Å². The molecule has 0 saturated carbocycles. The Hall–Kier alpha value is -2.28. The number of likely N-dealkylation sites (tertiary alicyclic amines) is 1. The van der Waals surface area contributed by atoms with Crippen molar-refractivity contribution >= 4 is 5.91 Å². The van der Waals surface area contributed by atoms with E-state index in [2.05, 4.69) is 34.0 Å². The highest BCUT2D eigenvalue weighted by Gasteiger charge is 2.31. The summed E-state index contributed by atoms with van der Waals surface area (Å²) in [5.74, 6) is 0.611. The molecular formula is C23H36N6O. The Morgan fingerprint density at radius 2 is 1.97 bits per heavy atom. The molecule has 7 heteroatoms. The lowest BCUT2D eigenvalue weighted by Gasteiger charge is -2.34. The minimum Gasteiger partial charge on any atom is -0.352 e. The van der Waals surface area contributed by atoms with E-state index in [4.69, 9.17) is 4.98 Å². The fraction of sp³-hybridized carbons (Fsp3) is 0.652. The monoisotopic (exact) mass is 412 g/mol. The van der Waals surface area contributed by atoms with E-state index in [9.17, 15) is 4.79 Å². The maximum Gasteiger partial charge on any atom is 0.243 e. The van der Waals surface area contributed by atoms with Crippen LogP contribution in [-0.2, 0) is 4.79 Å². The fourth-order valence-corrected chi connectivity index (χ4v) is 4.14. The number of carbonyl (C=O) groups excluding carboxylic acids is 1. The molecule has 3 rings (SSSR count). The van der Waals surface area contributed by atoms with E-state index in [-0.39, 0.29) is 18.0 Å². The molecular weight excluding hydrogens is 376 g/mol. The molecule has 30 heavy (non-hydrogen) atoms. The van der Waals surface area contributed by atoms with Gasteiger partial charge in [-0.2, -0.15) is 0 Å². The van der Waals surface area contributed by atoms with E-state index in [1.165, 1.54) is 25.7 Å². The Morgan fingerprint density at radius 1 is 1.17 bits per heavy atom. The van der Waals surface area contributed by atoms with Crippen LogP contribution < -0.4 is 5.32 Å². The van der Waals surface area contributed by atoms with Crippen molar-refractivity contribution in [1.29, 1.82) is 0 Å². The average Bonchev–Trinajstić information content (AvgIpc) is 3.27. The van der Waals surface area contributed by atoms with Gasteiger partial charge in [-0.1, -0.05) is 39.0 Å². The lowest BCUT2D eigenvalue weighted by molar-refractivity contribution is -0.128. The van der Waals surface area contributed by atoms with Crippen molar-refractivity contribution in [2.75, 3.05) is 13.1 Å². The van der Waals surface area contributed by atoms with E-state index in [1.807, 2.05) is 19.2 Å². The summed E-state index contributed by atoms with van der Waals surface area (Å²) in [6.45, 7) is 8.13. The van der Waals surface area contributed by atoms with E-state index >= 15 is 0 Å². The normalized spacial score (nSPS) is 16.9. The zero-order chi connectivity index (χ0) is 21.3. The minimum absolute atomic E-state index is 0.0505. The number of rotatable bonds is 10. The first-order chi connectivity index (χ1) is 14.6. The molecule has 1 aliphatic rings. The maximum atomic E-state index is 13.4. The molecule has 0 spiro atoms. The van der Waals surface area contributed by atoms with Crippen LogP contribution in [0.15, 0.2) is 24.8 Å². The van der Waals surface area contributed by atoms with Crippen LogP contribution in [-0.4, -0.2) is 49.5 Å². The lowest BCUT2D eigenvalue weighted by atomic mass is 10.0. The average molecular weight is 413 g/mol. The topological polar surface area (TPSA) is 75.9 Å². The van der Waals surface area contributed by atoms with Crippen LogP contribution in [0, 0.1) is 6.92 Å². The number of nitrogens with one attached hydrogen (secondary N) is 1. The third-order valence-electron chi connectivity index (χ3n) is 5.76. The molecule has 2 unspecified atom stereocenters. The van der Waals surface area contributed by atoms with Crippen molar-refractivity contribution in [3.8, 4) is 5.95 Å². The quantitative estimate of drug-likeness (QED) is 0.598. The molecule has 164 valence electrons. The van der Waals surface area contributed by atoms with Crippen LogP contribution in [0.3, 0.4) is 0 Å². The second-order valence-electron chi connectivity index (χ2n) is 8.46. The van der Waals surface area contributed by atoms with Gasteiger partial charge < -0.3 is 5.32 Å². The van der Waals surface area contributed by atoms with E-state index in [0.29, 0.717) is 5.95 Å². The summed E-state index contributed by atoms with van der Waals surface area (Å²) >= 11 is 0. The van der Waals surface area contributed by atoms with Gasteiger partial charge in [0, 0.05) is 24.1 Å². The number of unbranched alkanes of at least 4 members (excludes halogenated alkanes) is 3. The number of hydrogen-bond acceptors (Lipinski definition) is 5. The first-order valence-electron chi connectivity index (χ1n) is 11.5. The molecule has 0 aromatic carbocycles. The number of amides is 1. The molecule has 1 amide bonds. The second-order valence-corrected chi connectivity index (χ2v) is 8.46. The molecule has 0 radical (unpaired) electrons. The molecule has 0 aliphatic carbocycles. The number of carbonyl (C=O) groups is 1. The summed E-state index contributed by atoms with van der Waals surface area (Å²) in [5, 5.41) is 3.27. The van der Waals surface area contributed by atoms with Crippen molar-refractivity contribution in [1.82, 2.24) is 29.7 Å². The van der Waals surface area contributed by atoms with Gasteiger partial charge >= 0.3 is 0 Å². The molecule has 2 aromatic heterocycles. The third-order valence-corrected chi connectivity index (χ3v) is 5.76. The third kappa shape index (κ3) is 6.11. The zero-order valence-electron chi connectivity index (χ0n) is 18.7. The number of piperidine rings is 1. The predicted octanol–water partition coefficient (Wildman–Crippen LogP) is 3.97. The summed E-state index contributed by atoms with van der Waals surface area (Å²) in [7, 11) is 0. The summed E-state index contributed by atoms with van der Waals surface area (Å²) in [4.78, 5) is 29.1. The van der Waals surface area contributed by atoms with Gasteiger partial charge in [0.15, 0.2) is 0 Å². The fourth-order valence-electron chi connectivity index (χ4n) is 4.14. The first-order valence-corrected chi connectivity index (χ1v) is 11.5. The Morgan fingerprint density at radius 3 is 2.67 bits per heavy atom. The second kappa shape index (κ2) is 11.2. The Kier molecular flexibility index (Phi) is 8.37. The highest BCUT2D eigenvalue weighted by atomic mass is 16.2. The highest BCUT2D eigenvalue weighted by molar-refractivity contribution is 5.83. The number of aromatic nitrogens is 4. The molecule has 0 bridgehead atoms. The highest BCUT2D eigenvalue weighted by Crippen LogP contribution is 2.25. The van der Waals surface area contributed by atoms with Gasteiger partial charge in [0.25, 0.3) is 0 Å². The largest absolute Gasteiger partial charge is 0.352 e. The van der Waals surface area contributed by atoms with Crippen molar-refractivity contribution in [3.63, 3.8) is 0 Å². The van der Waals surface area contributed by atoms with E-state index in [0.717, 1.165) is 50.2 Å². The summed E-state index contributed by atoms with van der Waals surface area (Å²) < 4.78 is 1.79. The van der Waals surface area contributed by atoms with Crippen LogP contribution in [0.4, 0.5) is 0 Å². The van der Waals surface area contributed by atoms with Gasteiger partial charge in [-0.15, -0.1) is 0 Å². The summed E-state index contributed by atoms with van der Waals surface area (Å²) in [6.07, 6.45) is 14.6. The Bertz CT molecular complexity index is 785. The van der Waals surface area contributed by atoms with Gasteiger partial charge in [0.1, 0.15) is 12.4 Å². The van der Waals surface area contributed by atoms with Crippen molar-refractivity contribution < 1.29 is 4.79 Å². The molecule has 1 N–H and O–H groups in total.